The van der Waals surface area contributed by atoms with Crippen molar-refractivity contribution in [1.82, 2.24) is 15.5 Å². The molecular formula is C21H29F2N3O3. The van der Waals surface area contributed by atoms with Crippen molar-refractivity contribution in [3.05, 3.63) is 35.4 Å². The van der Waals surface area contributed by atoms with Crippen LogP contribution in [-0.4, -0.2) is 48.3 Å². The van der Waals surface area contributed by atoms with Crippen molar-refractivity contribution >= 4 is 17.7 Å². The summed E-state index contributed by atoms with van der Waals surface area (Å²) in [6.07, 6.45) is 4.13. The van der Waals surface area contributed by atoms with Crippen molar-refractivity contribution in [2.75, 3.05) is 19.6 Å². The van der Waals surface area contributed by atoms with Crippen LogP contribution in [0.4, 0.5) is 8.78 Å². The van der Waals surface area contributed by atoms with Crippen molar-refractivity contribution in [2.24, 2.45) is 5.92 Å². The van der Waals surface area contributed by atoms with Crippen LogP contribution in [0.5, 0.6) is 0 Å². The summed E-state index contributed by atoms with van der Waals surface area (Å²) >= 11 is 0. The zero-order valence-electron chi connectivity index (χ0n) is 17.0. The third-order valence-corrected chi connectivity index (χ3v) is 5.00. The summed E-state index contributed by atoms with van der Waals surface area (Å²) in [7, 11) is 0. The quantitative estimate of drug-likeness (QED) is 0.648. The number of rotatable bonds is 8. The monoisotopic (exact) mass is 409 g/mol. The first-order valence-corrected chi connectivity index (χ1v) is 10.1. The first-order valence-electron chi connectivity index (χ1n) is 10.1. The molecule has 160 valence electrons. The second-order valence-corrected chi connectivity index (χ2v) is 7.63. The number of hydrogen-bond acceptors (Lipinski definition) is 3. The van der Waals surface area contributed by atoms with Crippen LogP contribution in [0.25, 0.3) is 0 Å². The molecule has 1 heterocycles. The smallest absolute Gasteiger partial charge is 0.257 e. The van der Waals surface area contributed by atoms with Crippen molar-refractivity contribution in [3.63, 3.8) is 0 Å². The first kappa shape index (κ1) is 22.8. The minimum Gasteiger partial charge on any atom is -0.354 e. The van der Waals surface area contributed by atoms with Crippen molar-refractivity contribution in [2.45, 2.75) is 52.0 Å². The Bertz CT molecular complexity index is 720. The van der Waals surface area contributed by atoms with Gasteiger partial charge in [0.05, 0.1) is 0 Å². The second kappa shape index (κ2) is 10.9. The molecule has 0 aliphatic carbocycles. The van der Waals surface area contributed by atoms with Gasteiger partial charge in [0.1, 0.15) is 23.2 Å². The Morgan fingerprint density at radius 3 is 2.48 bits per heavy atom. The number of halogens is 2. The van der Waals surface area contributed by atoms with Crippen LogP contribution < -0.4 is 10.6 Å². The van der Waals surface area contributed by atoms with Crippen molar-refractivity contribution in [3.8, 4) is 0 Å². The van der Waals surface area contributed by atoms with Crippen LogP contribution in [0.15, 0.2) is 18.2 Å². The number of likely N-dealkylation sites (tertiary alicyclic amines) is 1. The van der Waals surface area contributed by atoms with E-state index in [2.05, 4.69) is 10.6 Å². The third kappa shape index (κ3) is 6.51. The largest absolute Gasteiger partial charge is 0.354 e. The molecule has 0 radical (unpaired) electrons. The summed E-state index contributed by atoms with van der Waals surface area (Å²) in [6.45, 7) is 5.12. The molecule has 6 nitrogen and oxygen atoms in total. The van der Waals surface area contributed by atoms with E-state index in [1.807, 2.05) is 4.90 Å². The second-order valence-electron chi connectivity index (χ2n) is 7.63. The zero-order chi connectivity index (χ0) is 21.4. The Balaban J connectivity index is 1.87. The Kier molecular flexibility index (Phi) is 8.54. The lowest BCUT2D eigenvalue weighted by Crippen LogP contribution is -2.50. The van der Waals surface area contributed by atoms with Crippen LogP contribution >= 0.6 is 0 Å². The predicted octanol–water partition coefficient (Wildman–Crippen LogP) is 2.63. The molecule has 29 heavy (non-hydrogen) atoms. The number of carbonyl (C=O) groups is 3. The molecular weight excluding hydrogens is 380 g/mol. The first-order chi connectivity index (χ1) is 13.8. The lowest BCUT2D eigenvalue weighted by atomic mass is 10.0. The molecule has 0 saturated carbocycles. The number of nitrogens with one attached hydrogen (secondary N) is 2. The van der Waals surface area contributed by atoms with E-state index in [0.717, 1.165) is 37.9 Å². The Morgan fingerprint density at radius 1 is 1.14 bits per heavy atom. The van der Waals surface area contributed by atoms with Gasteiger partial charge in [-0.3, -0.25) is 14.4 Å². The van der Waals surface area contributed by atoms with E-state index >= 15 is 0 Å². The van der Waals surface area contributed by atoms with E-state index in [-0.39, 0.29) is 11.8 Å². The number of nitrogens with zero attached hydrogens (tertiary/aromatic N) is 1. The van der Waals surface area contributed by atoms with E-state index in [9.17, 15) is 23.2 Å². The minimum absolute atomic E-state index is 0.146. The summed E-state index contributed by atoms with van der Waals surface area (Å²) in [5.41, 5.74) is -0.703. The Hall–Kier alpha value is -2.51. The summed E-state index contributed by atoms with van der Waals surface area (Å²) < 4.78 is 27.6. The molecule has 2 rings (SSSR count). The molecule has 2 N–H and O–H groups in total. The zero-order valence-corrected chi connectivity index (χ0v) is 17.0. The van der Waals surface area contributed by atoms with Gasteiger partial charge in [-0.25, -0.2) is 8.78 Å². The summed E-state index contributed by atoms with van der Waals surface area (Å²) in [6, 6.07) is 2.23. The predicted molar refractivity (Wildman–Crippen MR) is 105 cm³/mol. The van der Waals surface area contributed by atoms with Gasteiger partial charge < -0.3 is 15.5 Å². The van der Waals surface area contributed by atoms with Gasteiger partial charge in [0.15, 0.2) is 0 Å². The van der Waals surface area contributed by atoms with E-state index < -0.39 is 35.1 Å². The van der Waals surface area contributed by atoms with Crippen molar-refractivity contribution in [1.29, 1.82) is 0 Å². The normalized spacial score (nSPS) is 15.8. The summed E-state index contributed by atoms with van der Waals surface area (Å²) in [5.74, 6) is -3.48. The van der Waals surface area contributed by atoms with Gasteiger partial charge in [-0.2, -0.15) is 0 Å². The van der Waals surface area contributed by atoms with E-state index in [1.165, 1.54) is 6.07 Å². The van der Waals surface area contributed by atoms with Crippen LogP contribution in [0.1, 0.15) is 56.3 Å². The Labute approximate surface area is 170 Å². The lowest BCUT2D eigenvalue weighted by Gasteiger charge is -2.23. The van der Waals surface area contributed by atoms with Crippen LogP contribution in [0.3, 0.4) is 0 Å². The highest BCUT2D eigenvalue weighted by molar-refractivity contribution is 5.98. The molecule has 0 spiro atoms. The highest BCUT2D eigenvalue weighted by Crippen LogP contribution is 2.14. The maximum absolute atomic E-state index is 13.8. The van der Waals surface area contributed by atoms with E-state index in [0.29, 0.717) is 25.9 Å². The molecule has 1 saturated heterocycles. The fourth-order valence-electron chi connectivity index (χ4n) is 3.33. The number of benzene rings is 1. The van der Waals surface area contributed by atoms with Gasteiger partial charge in [0, 0.05) is 26.1 Å². The maximum atomic E-state index is 13.8. The van der Waals surface area contributed by atoms with Crippen LogP contribution in [-0.2, 0) is 9.59 Å². The molecule has 3 amide bonds. The average Bonchev–Trinajstić information content (AvgIpc) is 2.87. The lowest BCUT2D eigenvalue weighted by molar-refractivity contribution is -0.130. The number of hydrogen-bond donors (Lipinski definition) is 2. The summed E-state index contributed by atoms with van der Waals surface area (Å²) in [4.78, 5) is 38.6. The molecule has 1 aromatic rings. The van der Waals surface area contributed by atoms with E-state index in [4.69, 9.17) is 0 Å². The molecule has 1 fully saturated rings. The average molecular weight is 409 g/mol. The van der Waals surface area contributed by atoms with Crippen molar-refractivity contribution < 1.29 is 23.2 Å². The molecule has 1 unspecified atom stereocenters. The molecule has 1 aliphatic heterocycles. The van der Waals surface area contributed by atoms with Crippen LogP contribution in [0, 0.1) is 17.6 Å². The van der Waals surface area contributed by atoms with Gasteiger partial charge in [-0.15, -0.1) is 0 Å². The van der Waals surface area contributed by atoms with Crippen LogP contribution in [0.2, 0.25) is 0 Å². The topological polar surface area (TPSA) is 78.5 Å². The standard InChI is InChI=1S/C21H29F2N3O3/c1-14(2)19(25-20(28)18-15(22)8-6-9-16(18)23)21(29)24-11-7-13-26-12-5-3-4-10-17(26)27/h6,8-9,14,19H,3-5,7,10-13H2,1-2H3,(H,24,29)(H,25,28). The van der Waals surface area contributed by atoms with Gasteiger partial charge in [0.25, 0.3) is 5.91 Å². The maximum Gasteiger partial charge on any atom is 0.257 e. The number of carbonyl (C=O) groups excluding carboxylic acids is 3. The molecule has 8 heteroatoms. The fraction of sp³-hybridized carbons (Fsp3) is 0.571. The third-order valence-electron chi connectivity index (χ3n) is 5.00. The van der Waals surface area contributed by atoms with Gasteiger partial charge in [-0.1, -0.05) is 26.3 Å². The minimum atomic E-state index is -0.979. The molecule has 1 aromatic carbocycles. The Morgan fingerprint density at radius 2 is 1.83 bits per heavy atom. The molecule has 1 aliphatic rings. The summed E-state index contributed by atoms with van der Waals surface area (Å²) in [5, 5.41) is 5.17. The highest BCUT2D eigenvalue weighted by Gasteiger charge is 2.27. The van der Waals surface area contributed by atoms with Gasteiger partial charge >= 0.3 is 0 Å². The molecule has 1 atom stereocenters. The van der Waals surface area contributed by atoms with E-state index in [1.54, 1.807) is 13.8 Å². The molecule has 0 bridgehead atoms. The van der Waals surface area contributed by atoms with Gasteiger partial charge in [-0.05, 0) is 37.3 Å². The fourth-order valence-corrected chi connectivity index (χ4v) is 3.33. The SMILES string of the molecule is CC(C)C(NC(=O)c1c(F)cccc1F)C(=O)NCCCN1CCCCCC1=O. The van der Waals surface area contributed by atoms with Gasteiger partial charge in [0.2, 0.25) is 11.8 Å². The highest BCUT2D eigenvalue weighted by atomic mass is 19.1. The number of amides is 3. The molecule has 0 aromatic heterocycles.